The van der Waals surface area contributed by atoms with Gasteiger partial charge in [-0.1, -0.05) is 6.92 Å². The van der Waals surface area contributed by atoms with Crippen LogP contribution in [0.25, 0.3) is 0 Å². The molecule has 4 heteroatoms. The van der Waals surface area contributed by atoms with Crippen LogP contribution in [-0.2, 0) is 9.53 Å². The predicted octanol–water partition coefficient (Wildman–Crippen LogP) is -0.396. The molecule has 0 aliphatic rings. The van der Waals surface area contributed by atoms with Crippen LogP contribution in [0, 0.1) is 5.92 Å². The van der Waals surface area contributed by atoms with Crippen LogP contribution in [-0.4, -0.2) is 39.8 Å². The molecule has 12 heavy (non-hydrogen) atoms. The molecule has 0 saturated carbocycles. The van der Waals surface area contributed by atoms with E-state index in [-0.39, 0.29) is 5.91 Å². The van der Waals surface area contributed by atoms with Crippen molar-refractivity contribution in [1.29, 1.82) is 0 Å². The SMILES string of the molecule is CNC(=O)CNCC(C)COC. The molecule has 0 aliphatic carbocycles. The third-order valence-electron chi connectivity index (χ3n) is 1.51. The van der Waals surface area contributed by atoms with E-state index in [1.165, 1.54) is 0 Å². The Morgan fingerprint density at radius 1 is 1.58 bits per heavy atom. The van der Waals surface area contributed by atoms with E-state index < -0.39 is 0 Å². The molecule has 2 N–H and O–H groups in total. The summed E-state index contributed by atoms with van der Waals surface area (Å²) < 4.78 is 4.95. The van der Waals surface area contributed by atoms with Gasteiger partial charge in [0.05, 0.1) is 6.54 Å². The van der Waals surface area contributed by atoms with Gasteiger partial charge in [0, 0.05) is 27.3 Å². The van der Waals surface area contributed by atoms with E-state index in [0.717, 1.165) is 13.2 Å². The van der Waals surface area contributed by atoms with Crippen molar-refractivity contribution < 1.29 is 9.53 Å². The molecule has 0 rings (SSSR count). The molecule has 4 nitrogen and oxygen atoms in total. The molecule has 0 aliphatic heterocycles. The minimum Gasteiger partial charge on any atom is -0.384 e. The maximum absolute atomic E-state index is 10.7. The van der Waals surface area contributed by atoms with Gasteiger partial charge in [0.2, 0.25) is 5.91 Å². The minimum atomic E-state index is 0.0135. The normalized spacial score (nSPS) is 12.6. The Balaban J connectivity index is 3.24. The summed E-state index contributed by atoms with van der Waals surface area (Å²) in [5, 5.41) is 5.57. The summed E-state index contributed by atoms with van der Waals surface area (Å²) in [4.78, 5) is 10.7. The topological polar surface area (TPSA) is 50.4 Å². The second-order valence-corrected chi connectivity index (χ2v) is 2.86. The Morgan fingerprint density at radius 3 is 2.75 bits per heavy atom. The average Bonchev–Trinajstić information content (AvgIpc) is 2.04. The number of likely N-dealkylation sites (N-methyl/N-ethyl adjacent to an activating group) is 1. The zero-order valence-electron chi connectivity index (χ0n) is 8.02. The fraction of sp³-hybridized carbons (Fsp3) is 0.875. The number of amides is 1. The Labute approximate surface area is 73.7 Å². The summed E-state index contributed by atoms with van der Waals surface area (Å²) in [6.07, 6.45) is 0. The van der Waals surface area contributed by atoms with E-state index in [4.69, 9.17) is 4.74 Å². The molecule has 0 saturated heterocycles. The molecule has 0 aromatic carbocycles. The third kappa shape index (κ3) is 6.12. The zero-order chi connectivity index (χ0) is 9.40. The molecule has 72 valence electrons. The summed E-state index contributed by atoms with van der Waals surface area (Å²) in [6.45, 7) is 3.98. The molecule has 1 amide bonds. The van der Waals surface area contributed by atoms with Gasteiger partial charge in [-0.3, -0.25) is 4.79 Å². The maximum Gasteiger partial charge on any atom is 0.233 e. The Bertz CT molecular complexity index is 128. The van der Waals surface area contributed by atoms with E-state index in [1.54, 1.807) is 14.2 Å². The first-order chi connectivity index (χ1) is 5.70. The first kappa shape index (κ1) is 11.4. The minimum absolute atomic E-state index is 0.0135. The van der Waals surface area contributed by atoms with Crippen molar-refractivity contribution in [3.8, 4) is 0 Å². The van der Waals surface area contributed by atoms with E-state index in [2.05, 4.69) is 17.6 Å². The number of rotatable bonds is 6. The standard InChI is InChI=1S/C8H18N2O2/c1-7(6-12-3)4-10-5-8(11)9-2/h7,10H,4-6H2,1-3H3,(H,9,11). The van der Waals surface area contributed by atoms with E-state index in [9.17, 15) is 4.79 Å². The van der Waals surface area contributed by atoms with Gasteiger partial charge in [-0.25, -0.2) is 0 Å². The molecule has 1 unspecified atom stereocenters. The highest BCUT2D eigenvalue weighted by Gasteiger charge is 2.01. The largest absolute Gasteiger partial charge is 0.384 e. The molecule has 0 radical (unpaired) electrons. The molecule has 0 heterocycles. The monoisotopic (exact) mass is 174 g/mol. The molecule has 0 aromatic heterocycles. The van der Waals surface area contributed by atoms with Crippen LogP contribution >= 0.6 is 0 Å². The molecular formula is C8H18N2O2. The summed E-state index contributed by atoms with van der Waals surface area (Å²) >= 11 is 0. The van der Waals surface area contributed by atoms with Crippen LogP contribution in [0.2, 0.25) is 0 Å². The summed E-state index contributed by atoms with van der Waals surface area (Å²) in [7, 11) is 3.30. The average molecular weight is 174 g/mol. The number of ether oxygens (including phenoxy) is 1. The highest BCUT2D eigenvalue weighted by molar-refractivity contribution is 5.77. The van der Waals surface area contributed by atoms with Crippen LogP contribution < -0.4 is 10.6 Å². The van der Waals surface area contributed by atoms with Crippen molar-refractivity contribution in [3.05, 3.63) is 0 Å². The quantitative estimate of drug-likeness (QED) is 0.576. The van der Waals surface area contributed by atoms with Crippen molar-refractivity contribution in [2.24, 2.45) is 5.92 Å². The van der Waals surface area contributed by atoms with Gasteiger partial charge < -0.3 is 15.4 Å². The van der Waals surface area contributed by atoms with Gasteiger partial charge in [-0.15, -0.1) is 0 Å². The lowest BCUT2D eigenvalue weighted by molar-refractivity contribution is -0.119. The first-order valence-corrected chi connectivity index (χ1v) is 4.11. The Morgan fingerprint density at radius 2 is 2.25 bits per heavy atom. The van der Waals surface area contributed by atoms with Gasteiger partial charge in [-0.2, -0.15) is 0 Å². The summed E-state index contributed by atoms with van der Waals surface area (Å²) in [5.74, 6) is 0.458. The number of nitrogens with one attached hydrogen (secondary N) is 2. The molecule has 0 spiro atoms. The molecular weight excluding hydrogens is 156 g/mol. The zero-order valence-corrected chi connectivity index (χ0v) is 8.02. The number of methoxy groups -OCH3 is 1. The molecule has 0 fully saturated rings. The van der Waals surface area contributed by atoms with Crippen LogP contribution in [0.1, 0.15) is 6.92 Å². The molecule has 1 atom stereocenters. The number of carbonyl (C=O) groups is 1. The number of hydrogen-bond donors (Lipinski definition) is 2. The van der Waals surface area contributed by atoms with Crippen molar-refractivity contribution >= 4 is 5.91 Å². The highest BCUT2D eigenvalue weighted by Crippen LogP contribution is 1.90. The Kier molecular flexibility index (Phi) is 6.70. The highest BCUT2D eigenvalue weighted by atomic mass is 16.5. The lowest BCUT2D eigenvalue weighted by atomic mass is 10.2. The van der Waals surface area contributed by atoms with Gasteiger partial charge in [0.15, 0.2) is 0 Å². The second kappa shape index (κ2) is 7.06. The van der Waals surface area contributed by atoms with Crippen LogP contribution in [0.5, 0.6) is 0 Å². The van der Waals surface area contributed by atoms with Crippen LogP contribution in [0.15, 0.2) is 0 Å². The van der Waals surface area contributed by atoms with E-state index >= 15 is 0 Å². The lowest BCUT2D eigenvalue weighted by Crippen LogP contribution is -2.34. The van der Waals surface area contributed by atoms with Crippen molar-refractivity contribution in [3.63, 3.8) is 0 Å². The fourth-order valence-corrected chi connectivity index (χ4v) is 0.864. The van der Waals surface area contributed by atoms with Gasteiger partial charge in [0.1, 0.15) is 0 Å². The molecule has 0 aromatic rings. The van der Waals surface area contributed by atoms with Crippen molar-refractivity contribution in [2.75, 3.05) is 33.9 Å². The third-order valence-corrected chi connectivity index (χ3v) is 1.51. The van der Waals surface area contributed by atoms with E-state index in [1.807, 2.05) is 0 Å². The summed E-state index contributed by atoms with van der Waals surface area (Å²) in [6, 6.07) is 0. The number of hydrogen-bond acceptors (Lipinski definition) is 3. The van der Waals surface area contributed by atoms with Gasteiger partial charge in [0.25, 0.3) is 0 Å². The van der Waals surface area contributed by atoms with Crippen molar-refractivity contribution in [1.82, 2.24) is 10.6 Å². The summed E-state index contributed by atoms with van der Waals surface area (Å²) in [5.41, 5.74) is 0. The van der Waals surface area contributed by atoms with Crippen molar-refractivity contribution in [2.45, 2.75) is 6.92 Å². The Hall–Kier alpha value is -0.610. The van der Waals surface area contributed by atoms with Gasteiger partial charge >= 0.3 is 0 Å². The smallest absolute Gasteiger partial charge is 0.233 e. The van der Waals surface area contributed by atoms with Gasteiger partial charge in [-0.05, 0) is 5.92 Å². The lowest BCUT2D eigenvalue weighted by Gasteiger charge is -2.10. The first-order valence-electron chi connectivity index (χ1n) is 4.11. The predicted molar refractivity (Wildman–Crippen MR) is 48.0 cm³/mol. The number of carbonyl (C=O) groups excluding carboxylic acids is 1. The second-order valence-electron chi connectivity index (χ2n) is 2.86. The van der Waals surface area contributed by atoms with E-state index in [0.29, 0.717) is 12.5 Å². The fourth-order valence-electron chi connectivity index (χ4n) is 0.864. The maximum atomic E-state index is 10.7. The molecule has 0 bridgehead atoms. The van der Waals surface area contributed by atoms with Crippen LogP contribution in [0.3, 0.4) is 0 Å². The van der Waals surface area contributed by atoms with Crippen LogP contribution in [0.4, 0.5) is 0 Å².